The summed E-state index contributed by atoms with van der Waals surface area (Å²) in [5.41, 5.74) is 1.88. The molecule has 2 unspecified atom stereocenters. The Kier molecular flexibility index (Phi) is 3.42. The molecule has 0 bridgehead atoms. The first-order valence-electron chi connectivity index (χ1n) is 7.01. The maximum Gasteiger partial charge on any atom is 0.251 e. The van der Waals surface area contributed by atoms with Crippen LogP contribution in [0.15, 0.2) is 18.2 Å². The van der Waals surface area contributed by atoms with Crippen molar-refractivity contribution in [3.63, 3.8) is 0 Å². The molecule has 1 aromatic rings. The molecule has 0 aliphatic carbocycles. The quantitative estimate of drug-likeness (QED) is 0.844. The average molecular weight is 260 g/mol. The fourth-order valence-corrected chi connectivity index (χ4v) is 2.76. The zero-order chi connectivity index (χ0) is 13.2. The number of hydrogen-bond acceptors (Lipinski definition) is 3. The van der Waals surface area contributed by atoms with E-state index in [0.29, 0.717) is 5.92 Å². The molecule has 0 saturated carbocycles. The van der Waals surface area contributed by atoms with Gasteiger partial charge in [-0.15, -0.1) is 0 Å². The van der Waals surface area contributed by atoms with Crippen molar-refractivity contribution in [1.29, 1.82) is 0 Å². The largest absolute Gasteiger partial charge is 0.493 e. The number of ether oxygens (including phenoxy) is 1. The van der Waals surface area contributed by atoms with Gasteiger partial charge in [0, 0.05) is 24.6 Å². The highest BCUT2D eigenvalue weighted by atomic mass is 16.5. The molecule has 1 fully saturated rings. The second-order valence-corrected chi connectivity index (χ2v) is 5.47. The number of nitrogens with one attached hydrogen (secondary N) is 2. The minimum atomic E-state index is 0.0234. The summed E-state index contributed by atoms with van der Waals surface area (Å²) >= 11 is 0. The number of piperidine rings is 1. The van der Waals surface area contributed by atoms with Crippen molar-refractivity contribution < 1.29 is 9.53 Å². The summed E-state index contributed by atoms with van der Waals surface area (Å²) in [5, 5.41) is 6.46. The lowest BCUT2D eigenvalue weighted by atomic mass is 9.94. The summed E-state index contributed by atoms with van der Waals surface area (Å²) in [7, 11) is 0. The third kappa shape index (κ3) is 2.59. The maximum absolute atomic E-state index is 12.3. The van der Waals surface area contributed by atoms with Gasteiger partial charge in [0.2, 0.25) is 0 Å². The van der Waals surface area contributed by atoms with Crippen LogP contribution in [0.3, 0.4) is 0 Å². The van der Waals surface area contributed by atoms with Gasteiger partial charge < -0.3 is 15.4 Å². The Bertz CT molecular complexity index is 487. The van der Waals surface area contributed by atoms with E-state index in [2.05, 4.69) is 17.6 Å². The highest BCUT2D eigenvalue weighted by Gasteiger charge is 2.23. The molecule has 0 spiro atoms. The van der Waals surface area contributed by atoms with Crippen LogP contribution < -0.4 is 15.4 Å². The summed E-state index contributed by atoms with van der Waals surface area (Å²) < 4.78 is 5.46. The lowest BCUT2D eigenvalue weighted by molar-refractivity contribution is 0.0915. The van der Waals surface area contributed by atoms with Gasteiger partial charge in [-0.05, 0) is 42.6 Å². The Morgan fingerprint density at radius 3 is 3.21 bits per heavy atom. The molecule has 4 nitrogen and oxygen atoms in total. The number of carbonyl (C=O) groups excluding carboxylic acids is 1. The number of carbonyl (C=O) groups is 1. The highest BCUT2D eigenvalue weighted by Crippen LogP contribution is 2.26. The fraction of sp³-hybridized carbons (Fsp3) is 0.533. The maximum atomic E-state index is 12.3. The number of benzene rings is 1. The SMILES string of the molecule is CC1CCNCC1NC(=O)c1ccc2c(c1)CCO2. The third-order valence-electron chi connectivity index (χ3n) is 4.10. The standard InChI is InChI=1S/C15H20N2O2/c1-10-4-6-16-9-13(10)17-15(18)12-2-3-14-11(8-12)5-7-19-14/h2-3,8,10,13,16H,4-7,9H2,1H3,(H,17,18). The number of fused-ring (bicyclic) bond motifs is 1. The smallest absolute Gasteiger partial charge is 0.251 e. The molecule has 0 aromatic heterocycles. The highest BCUT2D eigenvalue weighted by molar-refractivity contribution is 5.94. The summed E-state index contributed by atoms with van der Waals surface area (Å²) in [6, 6.07) is 5.93. The average Bonchev–Trinajstić information content (AvgIpc) is 2.88. The van der Waals surface area contributed by atoms with Gasteiger partial charge in [0.1, 0.15) is 5.75 Å². The normalized spacial score (nSPS) is 25.5. The van der Waals surface area contributed by atoms with Crippen molar-refractivity contribution in [2.75, 3.05) is 19.7 Å². The molecular formula is C15H20N2O2. The summed E-state index contributed by atoms with van der Waals surface area (Å²) in [4.78, 5) is 12.3. The molecule has 2 aliphatic rings. The van der Waals surface area contributed by atoms with Gasteiger partial charge in [-0.2, -0.15) is 0 Å². The van der Waals surface area contributed by atoms with Crippen LogP contribution in [0.2, 0.25) is 0 Å². The summed E-state index contributed by atoms with van der Waals surface area (Å²) in [5.74, 6) is 1.47. The van der Waals surface area contributed by atoms with Crippen molar-refractivity contribution >= 4 is 5.91 Å². The fourth-order valence-electron chi connectivity index (χ4n) is 2.76. The van der Waals surface area contributed by atoms with E-state index in [0.717, 1.165) is 49.4 Å². The molecule has 4 heteroatoms. The van der Waals surface area contributed by atoms with E-state index < -0.39 is 0 Å². The van der Waals surface area contributed by atoms with E-state index in [-0.39, 0.29) is 11.9 Å². The lowest BCUT2D eigenvalue weighted by Crippen LogP contribution is -2.50. The minimum Gasteiger partial charge on any atom is -0.493 e. The van der Waals surface area contributed by atoms with Gasteiger partial charge in [-0.25, -0.2) is 0 Å². The van der Waals surface area contributed by atoms with Gasteiger partial charge in [0.15, 0.2) is 0 Å². The van der Waals surface area contributed by atoms with Crippen LogP contribution in [-0.2, 0) is 6.42 Å². The van der Waals surface area contributed by atoms with Crippen molar-refractivity contribution in [3.8, 4) is 5.75 Å². The van der Waals surface area contributed by atoms with Crippen LogP contribution in [0.25, 0.3) is 0 Å². The van der Waals surface area contributed by atoms with E-state index >= 15 is 0 Å². The first-order valence-corrected chi connectivity index (χ1v) is 7.01. The first-order chi connectivity index (χ1) is 9.24. The summed E-state index contributed by atoms with van der Waals surface area (Å²) in [6.07, 6.45) is 2.01. The predicted octanol–water partition coefficient (Wildman–Crippen LogP) is 1.35. The topological polar surface area (TPSA) is 50.4 Å². The van der Waals surface area contributed by atoms with E-state index in [4.69, 9.17) is 4.74 Å². The molecule has 1 aromatic carbocycles. The second-order valence-electron chi connectivity index (χ2n) is 5.47. The van der Waals surface area contributed by atoms with Crippen LogP contribution >= 0.6 is 0 Å². The predicted molar refractivity (Wildman–Crippen MR) is 73.5 cm³/mol. The van der Waals surface area contributed by atoms with Gasteiger partial charge in [-0.3, -0.25) is 4.79 Å². The van der Waals surface area contributed by atoms with Crippen LogP contribution in [0, 0.1) is 5.92 Å². The summed E-state index contributed by atoms with van der Waals surface area (Å²) in [6.45, 7) is 4.83. The molecule has 0 radical (unpaired) electrons. The molecular weight excluding hydrogens is 240 g/mol. The van der Waals surface area contributed by atoms with Crippen LogP contribution in [-0.4, -0.2) is 31.6 Å². The van der Waals surface area contributed by atoms with E-state index in [9.17, 15) is 4.79 Å². The Labute approximate surface area is 113 Å². The second kappa shape index (κ2) is 5.21. The molecule has 3 rings (SSSR count). The first kappa shape index (κ1) is 12.5. The van der Waals surface area contributed by atoms with Gasteiger partial charge in [0.05, 0.1) is 6.61 Å². The van der Waals surface area contributed by atoms with Gasteiger partial charge >= 0.3 is 0 Å². The monoisotopic (exact) mass is 260 g/mol. The Hall–Kier alpha value is -1.55. The molecule has 2 aliphatic heterocycles. The molecule has 1 amide bonds. The van der Waals surface area contributed by atoms with Crippen LogP contribution in [0.5, 0.6) is 5.75 Å². The van der Waals surface area contributed by atoms with Crippen molar-refractivity contribution in [1.82, 2.24) is 10.6 Å². The molecule has 2 atom stereocenters. The molecule has 2 heterocycles. The van der Waals surface area contributed by atoms with Gasteiger partial charge in [0.25, 0.3) is 5.91 Å². The molecule has 19 heavy (non-hydrogen) atoms. The van der Waals surface area contributed by atoms with Crippen molar-refractivity contribution in [2.24, 2.45) is 5.92 Å². The minimum absolute atomic E-state index is 0.0234. The number of rotatable bonds is 2. The zero-order valence-corrected chi connectivity index (χ0v) is 11.2. The Morgan fingerprint density at radius 1 is 1.47 bits per heavy atom. The van der Waals surface area contributed by atoms with E-state index in [1.54, 1.807) is 0 Å². The Morgan fingerprint density at radius 2 is 2.37 bits per heavy atom. The third-order valence-corrected chi connectivity index (χ3v) is 4.10. The zero-order valence-electron chi connectivity index (χ0n) is 11.2. The van der Waals surface area contributed by atoms with E-state index in [1.807, 2.05) is 18.2 Å². The van der Waals surface area contributed by atoms with E-state index in [1.165, 1.54) is 0 Å². The van der Waals surface area contributed by atoms with Crippen molar-refractivity contribution in [2.45, 2.75) is 25.8 Å². The number of amides is 1. The number of hydrogen-bond donors (Lipinski definition) is 2. The lowest BCUT2D eigenvalue weighted by Gasteiger charge is -2.30. The molecule has 102 valence electrons. The van der Waals surface area contributed by atoms with Crippen molar-refractivity contribution in [3.05, 3.63) is 29.3 Å². The molecule has 2 N–H and O–H groups in total. The van der Waals surface area contributed by atoms with Crippen LogP contribution in [0.4, 0.5) is 0 Å². The Balaban J connectivity index is 1.70. The molecule has 1 saturated heterocycles. The van der Waals surface area contributed by atoms with Crippen LogP contribution in [0.1, 0.15) is 29.3 Å². The van der Waals surface area contributed by atoms with Gasteiger partial charge in [-0.1, -0.05) is 6.92 Å².